The molecule has 0 saturated carbocycles. The quantitative estimate of drug-likeness (QED) is 0.831. The smallest absolute Gasteiger partial charge is 0.115 e. The Hall–Kier alpha value is -0.770. The third-order valence-electron chi connectivity index (χ3n) is 2.86. The molecule has 1 aromatic carbocycles. The summed E-state index contributed by atoms with van der Waals surface area (Å²) < 4.78 is 0. The van der Waals surface area contributed by atoms with Crippen LogP contribution in [0.5, 0.6) is 5.75 Å². The lowest BCUT2D eigenvalue weighted by Crippen LogP contribution is -2.42. The second kappa shape index (κ2) is 6.09. The third kappa shape index (κ3) is 3.67. The number of piperidine rings is 1. The van der Waals surface area contributed by atoms with Crippen LogP contribution in [0.25, 0.3) is 0 Å². The van der Waals surface area contributed by atoms with Gasteiger partial charge in [-0.05, 0) is 37.1 Å². The lowest BCUT2D eigenvalue weighted by atomic mass is 10.1. The maximum Gasteiger partial charge on any atom is 0.115 e. The van der Waals surface area contributed by atoms with E-state index >= 15 is 0 Å². The van der Waals surface area contributed by atoms with Crippen LogP contribution >= 0.6 is 12.4 Å². The van der Waals surface area contributed by atoms with E-state index < -0.39 is 0 Å². The van der Waals surface area contributed by atoms with Crippen LogP contribution < -0.4 is 5.73 Å². The fourth-order valence-electron chi connectivity index (χ4n) is 2.15. The first-order valence-electron chi connectivity index (χ1n) is 5.50. The van der Waals surface area contributed by atoms with Gasteiger partial charge in [-0.15, -0.1) is 12.4 Å². The Kier molecular flexibility index (Phi) is 5.06. The number of nitrogens with zero attached hydrogens (tertiary/aromatic N) is 1. The number of phenolic OH excluding ortho intramolecular Hbond substituents is 1. The molecule has 0 radical (unpaired) electrons. The van der Waals surface area contributed by atoms with Gasteiger partial charge in [0.25, 0.3) is 0 Å². The summed E-state index contributed by atoms with van der Waals surface area (Å²) >= 11 is 0. The fourth-order valence-corrected chi connectivity index (χ4v) is 2.15. The Morgan fingerprint density at radius 3 is 2.94 bits per heavy atom. The minimum absolute atomic E-state index is 0. The van der Waals surface area contributed by atoms with E-state index in [0.29, 0.717) is 11.8 Å². The van der Waals surface area contributed by atoms with Crippen LogP contribution in [0.3, 0.4) is 0 Å². The zero-order valence-corrected chi connectivity index (χ0v) is 10.1. The molecule has 3 nitrogen and oxygen atoms in total. The van der Waals surface area contributed by atoms with E-state index in [9.17, 15) is 5.11 Å². The van der Waals surface area contributed by atoms with Crippen molar-refractivity contribution in [2.75, 3.05) is 13.1 Å². The van der Waals surface area contributed by atoms with Crippen molar-refractivity contribution in [1.82, 2.24) is 4.90 Å². The van der Waals surface area contributed by atoms with Crippen molar-refractivity contribution in [2.24, 2.45) is 5.73 Å². The molecule has 1 atom stereocenters. The van der Waals surface area contributed by atoms with Gasteiger partial charge in [0, 0.05) is 19.1 Å². The molecule has 1 aromatic rings. The Bertz CT molecular complexity index is 333. The van der Waals surface area contributed by atoms with Gasteiger partial charge in [-0.2, -0.15) is 0 Å². The van der Waals surface area contributed by atoms with Gasteiger partial charge in [-0.3, -0.25) is 4.90 Å². The summed E-state index contributed by atoms with van der Waals surface area (Å²) in [5.41, 5.74) is 7.07. The van der Waals surface area contributed by atoms with Crippen molar-refractivity contribution in [1.29, 1.82) is 0 Å². The highest BCUT2D eigenvalue weighted by molar-refractivity contribution is 5.85. The van der Waals surface area contributed by atoms with Gasteiger partial charge in [0.1, 0.15) is 5.75 Å². The average molecular weight is 243 g/mol. The number of likely N-dealkylation sites (tertiary alicyclic amines) is 1. The van der Waals surface area contributed by atoms with E-state index in [2.05, 4.69) is 4.90 Å². The summed E-state index contributed by atoms with van der Waals surface area (Å²) in [6.45, 7) is 2.97. The Balaban J connectivity index is 0.00000128. The molecule has 0 amide bonds. The molecule has 1 aliphatic heterocycles. The predicted octanol–water partition coefficient (Wildman–Crippen LogP) is 1.74. The monoisotopic (exact) mass is 242 g/mol. The van der Waals surface area contributed by atoms with Crippen LogP contribution in [0.15, 0.2) is 24.3 Å². The number of rotatable bonds is 2. The summed E-state index contributed by atoms with van der Waals surface area (Å²) in [6.07, 6.45) is 2.32. The third-order valence-corrected chi connectivity index (χ3v) is 2.86. The zero-order valence-electron chi connectivity index (χ0n) is 9.30. The predicted molar refractivity (Wildman–Crippen MR) is 67.8 cm³/mol. The SMILES string of the molecule is Cl.NC1CCCN(Cc2cccc(O)c2)C1. The summed E-state index contributed by atoms with van der Waals surface area (Å²) in [4.78, 5) is 2.35. The van der Waals surface area contributed by atoms with Crippen molar-refractivity contribution < 1.29 is 5.11 Å². The molecule has 4 heteroatoms. The minimum Gasteiger partial charge on any atom is -0.508 e. The number of hydrogen-bond donors (Lipinski definition) is 2. The van der Waals surface area contributed by atoms with Gasteiger partial charge >= 0.3 is 0 Å². The molecule has 0 spiro atoms. The lowest BCUT2D eigenvalue weighted by molar-refractivity contribution is 0.201. The summed E-state index contributed by atoms with van der Waals surface area (Å²) in [7, 11) is 0. The van der Waals surface area contributed by atoms with Gasteiger partial charge in [0.05, 0.1) is 0 Å². The van der Waals surface area contributed by atoms with Crippen LogP contribution in [-0.2, 0) is 6.54 Å². The van der Waals surface area contributed by atoms with E-state index in [-0.39, 0.29) is 12.4 Å². The molecule has 1 fully saturated rings. The van der Waals surface area contributed by atoms with E-state index in [0.717, 1.165) is 31.6 Å². The molecule has 0 bridgehead atoms. The number of hydrogen-bond acceptors (Lipinski definition) is 3. The Labute approximate surface area is 103 Å². The number of phenols is 1. The standard InChI is InChI=1S/C12H18N2O.ClH/c13-11-4-2-6-14(9-11)8-10-3-1-5-12(15)7-10;/h1,3,5,7,11,15H,2,4,6,8-9,13H2;1H. The van der Waals surface area contributed by atoms with Crippen LogP contribution in [0, 0.1) is 0 Å². The number of aromatic hydroxyl groups is 1. The second-order valence-corrected chi connectivity index (χ2v) is 4.31. The summed E-state index contributed by atoms with van der Waals surface area (Å²) in [6, 6.07) is 7.76. The molecular formula is C12H19ClN2O. The van der Waals surface area contributed by atoms with Crippen LogP contribution in [0.1, 0.15) is 18.4 Å². The van der Waals surface area contributed by atoms with Gasteiger partial charge < -0.3 is 10.8 Å². The molecule has 1 heterocycles. The van der Waals surface area contributed by atoms with Gasteiger partial charge in [-0.1, -0.05) is 12.1 Å². The van der Waals surface area contributed by atoms with Crippen LogP contribution in [-0.4, -0.2) is 29.1 Å². The van der Waals surface area contributed by atoms with E-state index in [4.69, 9.17) is 5.73 Å². The molecule has 1 unspecified atom stereocenters. The summed E-state index contributed by atoms with van der Waals surface area (Å²) in [5.74, 6) is 0.341. The minimum atomic E-state index is 0. The van der Waals surface area contributed by atoms with E-state index in [1.165, 1.54) is 6.42 Å². The van der Waals surface area contributed by atoms with Gasteiger partial charge in [-0.25, -0.2) is 0 Å². The molecular weight excluding hydrogens is 224 g/mol. The average Bonchev–Trinajstić information content (AvgIpc) is 2.17. The first kappa shape index (κ1) is 13.3. The molecule has 1 aliphatic rings. The molecule has 16 heavy (non-hydrogen) atoms. The highest BCUT2D eigenvalue weighted by Crippen LogP contribution is 2.15. The first-order chi connectivity index (χ1) is 7.24. The van der Waals surface area contributed by atoms with E-state index in [1.807, 2.05) is 18.2 Å². The summed E-state index contributed by atoms with van der Waals surface area (Å²) in [5, 5.41) is 9.35. The largest absolute Gasteiger partial charge is 0.508 e. The normalized spacial score (nSPS) is 21.4. The Morgan fingerprint density at radius 1 is 1.44 bits per heavy atom. The number of benzene rings is 1. The lowest BCUT2D eigenvalue weighted by Gasteiger charge is -2.30. The van der Waals surface area contributed by atoms with Crippen molar-refractivity contribution in [3.05, 3.63) is 29.8 Å². The molecule has 3 N–H and O–H groups in total. The first-order valence-corrected chi connectivity index (χ1v) is 5.50. The van der Waals surface area contributed by atoms with Crippen LogP contribution in [0.2, 0.25) is 0 Å². The molecule has 2 rings (SSSR count). The van der Waals surface area contributed by atoms with Gasteiger partial charge in [0.2, 0.25) is 0 Å². The highest BCUT2D eigenvalue weighted by Gasteiger charge is 2.16. The van der Waals surface area contributed by atoms with Gasteiger partial charge in [0.15, 0.2) is 0 Å². The maximum atomic E-state index is 9.35. The molecule has 0 aromatic heterocycles. The molecule has 1 saturated heterocycles. The molecule has 90 valence electrons. The Morgan fingerprint density at radius 2 is 2.25 bits per heavy atom. The van der Waals surface area contributed by atoms with Crippen molar-refractivity contribution in [3.8, 4) is 5.75 Å². The second-order valence-electron chi connectivity index (χ2n) is 4.31. The van der Waals surface area contributed by atoms with Crippen molar-refractivity contribution >= 4 is 12.4 Å². The molecule has 0 aliphatic carbocycles. The fraction of sp³-hybridized carbons (Fsp3) is 0.500. The van der Waals surface area contributed by atoms with Crippen molar-refractivity contribution in [3.63, 3.8) is 0 Å². The topological polar surface area (TPSA) is 49.5 Å². The number of nitrogens with two attached hydrogens (primary N) is 1. The van der Waals surface area contributed by atoms with Crippen molar-refractivity contribution in [2.45, 2.75) is 25.4 Å². The van der Waals surface area contributed by atoms with Crippen LogP contribution in [0.4, 0.5) is 0 Å². The van der Waals surface area contributed by atoms with E-state index in [1.54, 1.807) is 6.07 Å². The zero-order chi connectivity index (χ0) is 10.7. The number of halogens is 1. The maximum absolute atomic E-state index is 9.35. The highest BCUT2D eigenvalue weighted by atomic mass is 35.5.